The van der Waals surface area contributed by atoms with Crippen LogP contribution < -0.4 is 10.2 Å². The summed E-state index contributed by atoms with van der Waals surface area (Å²) in [4.78, 5) is 28.0. The molecule has 1 aromatic heterocycles. The summed E-state index contributed by atoms with van der Waals surface area (Å²) in [5, 5.41) is 0.352. The van der Waals surface area contributed by atoms with Gasteiger partial charge >= 0.3 is 0 Å². The van der Waals surface area contributed by atoms with Crippen molar-refractivity contribution in [1.29, 1.82) is 0 Å². The summed E-state index contributed by atoms with van der Waals surface area (Å²) in [6, 6.07) is 22.3. The number of para-hydroxylation sites is 1. The SMILES string of the molecule is O=C(COc1c(-c2ccc(Br)cc2)oc2ccccc2c1=O)N1CCN(S(=O)(=O)c2ccccc2)CC1. The number of rotatable bonds is 6. The van der Waals surface area contributed by atoms with Crippen LogP contribution in [0.4, 0.5) is 0 Å². The number of sulfonamides is 1. The summed E-state index contributed by atoms with van der Waals surface area (Å²) in [6.07, 6.45) is 0. The molecule has 3 aromatic carbocycles. The number of fused-ring (bicyclic) bond motifs is 1. The van der Waals surface area contributed by atoms with Crippen LogP contribution in [0.3, 0.4) is 0 Å². The molecule has 0 N–H and O–H groups in total. The zero-order chi connectivity index (χ0) is 26.0. The number of carbonyl (C=O) groups is 1. The second-order valence-electron chi connectivity index (χ2n) is 8.48. The first-order valence-electron chi connectivity index (χ1n) is 11.6. The molecular weight excluding hydrogens is 560 g/mol. The van der Waals surface area contributed by atoms with Crippen molar-refractivity contribution in [3.8, 4) is 17.1 Å². The highest BCUT2D eigenvalue weighted by molar-refractivity contribution is 9.10. The predicted molar refractivity (Wildman–Crippen MR) is 143 cm³/mol. The Kier molecular flexibility index (Phi) is 7.14. The Morgan fingerprint density at radius 3 is 2.24 bits per heavy atom. The Bertz CT molecular complexity index is 1600. The first-order chi connectivity index (χ1) is 17.8. The molecule has 1 amide bonds. The van der Waals surface area contributed by atoms with Crippen molar-refractivity contribution < 1.29 is 22.4 Å². The fourth-order valence-corrected chi connectivity index (χ4v) is 5.90. The van der Waals surface area contributed by atoms with Crippen molar-refractivity contribution in [2.45, 2.75) is 4.90 Å². The molecule has 8 nitrogen and oxygen atoms in total. The maximum atomic E-state index is 13.3. The van der Waals surface area contributed by atoms with Gasteiger partial charge in [-0.15, -0.1) is 0 Å². The van der Waals surface area contributed by atoms with Crippen molar-refractivity contribution in [3.63, 3.8) is 0 Å². The molecule has 0 bridgehead atoms. The molecule has 10 heteroatoms. The topological polar surface area (TPSA) is 97.1 Å². The van der Waals surface area contributed by atoms with Crippen LogP contribution in [0.5, 0.6) is 5.75 Å². The number of ether oxygens (including phenoxy) is 1. The Balaban J connectivity index is 1.32. The van der Waals surface area contributed by atoms with Gasteiger partial charge < -0.3 is 14.1 Å². The van der Waals surface area contributed by atoms with Gasteiger partial charge in [0.25, 0.3) is 5.91 Å². The van der Waals surface area contributed by atoms with Crippen molar-refractivity contribution in [1.82, 2.24) is 9.21 Å². The molecule has 1 saturated heterocycles. The van der Waals surface area contributed by atoms with Gasteiger partial charge in [0.2, 0.25) is 21.2 Å². The smallest absolute Gasteiger partial charge is 0.260 e. The molecule has 37 heavy (non-hydrogen) atoms. The second kappa shape index (κ2) is 10.5. The van der Waals surface area contributed by atoms with E-state index in [0.717, 1.165) is 4.47 Å². The molecule has 5 rings (SSSR count). The fourth-order valence-electron chi connectivity index (χ4n) is 4.19. The molecule has 0 spiro atoms. The maximum absolute atomic E-state index is 13.3. The largest absolute Gasteiger partial charge is 0.476 e. The normalized spacial score (nSPS) is 14.6. The lowest BCUT2D eigenvalue weighted by Gasteiger charge is -2.34. The van der Waals surface area contributed by atoms with Gasteiger partial charge in [-0.3, -0.25) is 9.59 Å². The fraction of sp³-hybridized carbons (Fsp3) is 0.185. The molecule has 1 aliphatic heterocycles. The number of benzene rings is 3. The van der Waals surface area contributed by atoms with Gasteiger partial charge in [-0.2, -0.15) is 4.31 Å². The Hall–Kier alpha value is -3.47. The number of hydrogen-bond donors (Lipinski definition) is 0. The van der Waals surface area contributed by atoms with Gasteiger partial charge in [-0.25, -0.2) is 8.42 Å². The van der Waals surface area contributed by atoms with Gasteiger partial charge in [0.1, 0.15) is 5.58 Å². The molecule has 2 heterocycles. The average molecular weight is 583 g/mol. The Morgan fingerprint density at radius 2 is 1.54 bits per heavy atom. The summed E-state index contributed by atoms with van der Waals surface area (Å²) in [5.74, 6) is -0.145. The van der Waals surface area contributed by atoms with Crippen LogP contribution in [0.2, 0.25) is 0 Å². The van der Waals surface area contributed by atoms with Crippen molar-refractivity contribution in [3.05, 3.63) is 93.6 Å². The summed E-state index contributed by atoms with van der Waals surface area (Å²) in [7, 11) is -3.63. The van der Waals surface area contributed by atoms with Crippen LogP contribution >= 0.6 is 15.9 Å². The van der Waals surface area contributed by atoms with Gasteiger partial charge in [0.15, 0.2) is 12.4 Å². The third kappa shape index (κ3) is 5.18. The molecule has 4 aromatic rings. The van der Waals surface area contributed by atoms with E-state index in [2.05, 4.69) is 15.9 Å². The lowest BCUT2D eigenvalue weighted by molar-refractivity contribution is -0.134. The van der Waals surface area contributed by atoms with Crippen LogP contribution in [0.1, 0.15) is 0 Å². The molecule has 0 radical (unpaired) electrons. The molecule has 1 aliphatic rings. The van der Waals surface area contributed by atoms with Gasteiger partial charge in [0, 0.05) is 36.2 Å². The van der Waals surface area contributed by atoms with Gasteiger partial charge in [-0.05, 0) is 48.5 Å². The Labute approximate surface area is 222 Å². The number of carbonyl (C=O) groups excluding carboxylic acids is 1. The van der Waals surface area contributed by atoms with E-state index in [0.29, 0.717) is 16.5 Å². The summed E-state index contributed by atoms with van der Waals surface area (Å²) >= 11 is 3.40. The number of halogens is 1. The number of nitrogens with zero attached hydrogens (tertiary/aromatic N) is 2. The van der Waals surface area contributed by atoms with Crippen LogP contribution in [0.25, 0.3) is 22.3 Å². The van der Waals surface area contributed by atoms with E-state index in [-0.39, 0.29) is 60.5 Å². The van der Waals surface area contributed by atoms with Crippen LogP contribution in [0, 0.1) is 0 Å². The third-order valence-corrected chi connectivity index (χ3v) is 8.62. The minimum Gasteiger partial charge on any atom is -0.476 e. The molecule has 0 aliphatic carbocycles. The minimum atomic E-state index is -3.63. The molecular formula is C27H23BrN2O6S. The second-order valence-corrected chi connectivity index (χ2v) is 11.3. The van der Waals surface area contributed by atoms with Gasteiger partial charge in [0.05, 0.1) is 10.3 Å². The summed E-state index contributed by atoms with van der Waals surface area (Å²) < 4.78 is 39.8. The van der Waals surface area contributed by atoms with E-state index >= 15 is 0 Å². The molecule has 0 unspecified atom stereocenters. The van der Waals surface area contributed by atoms with E-state index in [1.54, 1.807) is 71.6 Å². The first-order valence-corrected chi connectivity index (χ1v) is 13.9. The van der Waals surface area contributed by atoms with Crippen molar-refractivity contribution in [2.75, 3.05) is 32.8 Å². The lowest BCUT2D eigenvalue weighted by Crippen LogP contribution is -2.51. The lowest BCUT2D eigenvalue weighted by atomic mass is 10.1. The van der Waals surface area contributed by atoms with E-state index in [1.807, 2.05) is 12.1 Å². The standard InChI is InChI=1S/C27H23BrN2O6S/c28-20-12-10-19(11-13-20)26-27(25(32)22-8-4-5-9-23(22)36-26)35-18-24(31)29-14-16-30(17-15-29)37(33,34)21-6-2-1-3-7-21/h1-13H,14-18H2. The molecule has 190 valence electrons. The monoisotopic (exact) mass is 582 g/mol. The maximum Gasteiger partial charge on any atom is 0.260 e. The van der Waals surface area contributed by atoms with E-state index < -0.39 is 10.0 Å². The zero-order valence-corrected chi connectivity index (χ0v) is 22.1. The molecule has 1 fully saturated rings. The van der Waals surface area contributed by atoms with E-state index in [9.17, 15) is 18.0 Å². The average Bonchev–Trinajstić information content (AvgIpc) is 2.93. The predicted octanol–water partition coefficient (Wildman–Crippen LogP) is 4.13. The van der Waals surface area contributed by atoms with Crippen LogP contribution in [-0.4, -0.2) is 56.3 Å². The van der Waals surface area contributed by atoms with Crippen molar-refractivity contribution in [2.24, 2.45) is 0 Å². The quantitative estimate of drug-likeness (QED) is 0.339. The van der Waals surface area contributed by atoms with Crippen LogP contribution in [0.15, 0.2) is 97.4 Å². The first kappa shape index (κ1) is 25.2. The molecule has 0 atom stereocenters. The van der Waals surface area contributed by atoms with E-state index in [4.69, 9.17) is 9.15 Å². The summed E-state index contributed by atoms with van der Waals surface area (Å²) in [5.41, 5.74) is 0.680. The highest BCUT2D eigenvalue weighted by atomic mass is 79.9. The summed E-state index contributed by atoms with van der Waals surface area (Å²) in [6.45, 7) is 0.412. The van der Waals surface area contributed by atoms with Crippen LogP contribution in [-0.2, 0) is 14.8 Å². The van der Waals surface area contributed by atoms with Gasteiger partial charge in [-0.1, -0.05) is 46.3 Å². The third-order valence-electron chi connectivity index (χ3n) is 6.17. The minimum absolute atomic E-state index is 0.0420. The van der Waals surface area contributed by atoms with E-state index in [1.165, 1.54) is 4.31 Å². The number of hydrogen-bond acceptors (Lipinski definition) is 6. The number of piperazine rings is 1. The number of amides is 1. The highest BCUT2D eigenvalue weighted by Crippen LogP contribution is 2.31. The molecule has 0 saturated carbocycles. The highest BCUT2D eigenvalue weighted by Gasteiger charge is 2.30. The Morgan fingerprint density at radius 1 is 0.892 bits per heavy atom. The van der Waals surface area contributed by atoms with Crippen molar-refractivity contribution >= 4 is 42.8 Å². The zero-order valence-electron chi connectivity index (χ0n) is 19.7.